The average molecular weight is 223 g/mol. The van der Waals surface area contributed by atoms with Crippen molar-refractivity contribution < 1.29 is 4.39 Å². The third kappa shape index (κ3) is 3.55. The molecular formula is C9H16BrF. The first kappa shape index (κ1) is 9.50. The van der Waals surface area contributed by atoms with Crippen LogP contribution in [-0.2, 0) is 0 Å². The Hall–Kier alpha value is 0.410. The maximum absolute atomic E-state index is 12.9. The number of rotatable bonds is 3. The van der Waals surface area contributed by atoms with E-state index in [-0.39, 0.29) is 0 Å². The summed E-state index contributed by atoms with van der Waals surface area (Å²) >= 11 is 3.17. The minimum absolute atomic E-state index is 0.517. The SMILES string of the molecule is FC(CBr)CC1CCCCC1. The van der Waals surface area contributed by atoms with Gasteiger partial charge in [-0.05, 0) is 12.3 Å². The summed E-state index contributed by atoms with van der Waals surface area (Å²) in [6, 6.07) is 0. The van der Waals surface area contributed by atoms with Crippen LogP contribution < -0.4 is 0 Å². The Morgan fingerprint density at radius 1 is 1.27 bits per heavy atom. The zero-order valence-corrected chi connectivity index (χ0v) is 8.45. The molecule has 0 spiro atoms. The highest BCUT2D eigenvalue weighted by Gasteiger charge is 2.17. The fourth-order valence-corrected chi connectivity index (χ4v) is 2.11. The van der Waals surface area contributed by atoms with Gasteiger partial charge in [0.2, 0.25) is 0 Å². The van der Waals surface area contributed by atoms with E-state index >= 15 is 0 Å². The maximum Gasteiger partial charge on any atom is 0.110 e. The second kappa shape index (κ2) is 5.13. The third-order valence-electron chi connectivity index (χ3n) is 2.48. The first-order valence-electron chi connectivity index (χ1n) is 4.53. The Balaban J connectivity index is 2.13. The fraction of sp³-hybridized carbons (Fsp3) is 1.00. The smallest absolute Gasteiger partial charge is 0.110 e. The molecule has 1 aliphatic rings. The first-order chi connectivity index (χ1) is 5.33. The molecule has 1 fully saturated rings. The van der Waals surface area contributed by atoms with E-state index in [9.17, 15) is 4.39 Å². The molecule has 2 heteroatoms. The summed E-state index contributed by atoms with van der Waals surface area (Å²) in [5.74, 6) is 0.677. The van der Waals surface area contributed by atoms with E-state index < -0.39 is 6.17 Å². The summed E-state index contributed by atoms with van der Waals surface area (Å²) in [4.78, 5) is 0. The molecule has 0 saturated heterocycles. The lowest BCUT2D eigenvalue weighted by Crippen LogP contribution is -2.13. The van der Waals surface area contributed by atoms with Crippen LogP contribution in [-0.4, -0.2) is 11.5 Å². The maximum atomic E-state index is 12.9. The zero-order valence-electron chi connectivity index (χ0n) is 6.86. The first-order valence-corrected chi connectivity index (χ1v) is 5.65. The molecule has 0 amide bonds. The normalized spacial score (nSPS) is 23.5. The summed E-state index contributed by atoms with van der Waals surface area (Å²) in [6.07, 6.45) is 6.69. The molecule has 0 nitrogen and oxygen atoms in total. The van der Waals surface area contributed by atoms with Crippen LogP contribution in [0.1, 0.15) is 38.5 Å². The summed E-state index contributed by atoms with van der Waals surface area (Å²) in [5, 5.41) is 0.517. The van der Waals surface area contributed by atoms with Crippen LogP contribution in [0, 0.1) is 5.92 Å². The van der Waals surface area contributed by atoms with Crippen LogP contribution in [0.2, 0.25) is 0 Å². The highest BCUT2D eigenvalue weighted by molar-refractivity contribution is 9.09. The largest absolute Gasteiger partial charge is 0.247 e. The van der Waals surface area contributed by atoms with Crippen molar-refractivity contribution in [3.63, 3.8) is 0 Å². The van der Waals surface area contributed by atoms with Crippen LogP contribution in [0.25, 0.3) is 0 Å². The van der Waals surface area contributed by atoms with Crippen molar-refractivity contribution >= 4 is 15.9 Å². The Morgan fingerprint density at radius 3 is 2.45 bits per heavy atom. The predicted molar refractivity (Wildman–Crippen MR) is 49.9 cm³/mol. The molecular weight excluding hydrogens is 207 g/mol. The van der Waals surface area contributed by atoms with E-state index in [1.54, 1.807) is 0 Å². The van der Waals surface area contributed by atoms with Crippen LogP contribution in [0.15, 0.2) is 0 Å². The highest BCUT2D eigenvalue weighted by Crippen LogP contribution is 2.28. The van der Waals surface area contributed by atoms with Gasteiger partial charge in [-0.15, -0.1) is 0 Å². The molecule has 1 unspecified atom stereocenters. The van der Waals surface area contributed by atoms with Gasteiger partial charge in [0, 0.05) is 5.33 Å². The summed E-state index contributed by atoms with van der Waals surface area (Å²) in [5.41, 5.74) is 0. The Bertz CT molecular complexity index is 99.7. The van der Waals surface area contributed by atoms with E-state index in [0.717, 1.165) is 6.42 Å². The molecule has 0 aromatic heterocycles. The van der Waals surface area contributed by atoms with Gasteiger partial charge in [0.05, 0.1) is 0 Å². The third-order valence-corrected chi connectivity index (χ3v) is 3.18. The second-order valence-electron chi connectivity index (χ2n) is 3.49. The van der Waals surface area contributed by atoms with Gasteiger partial charge in [-0.1, -0.05) is 48.0 Å². The van der Waals surface area contributed by atoms with Crippen molar-refractivity contribution in [1.29, 1.82) is 0 Å². The Kier molecular flexibility index (Phi) is 4.43. The molecule has 1 aliphatic carbocycles. The van der Waals surface area contributed by atoms with E-state index in [1.807, 2.05) is 0 Å². The minimum atomic E-state index is -0.613. The average Bonchev–Trinajstić information content (AvgIpc) is 2.06. The molecule has 0 aromatic carbocycles. The van der Waals surface area contributed by atoms with Gasteiger partial charge in [-0.25, -0.2) is 4.39 Å². The van der Waals surface area contributed by atoms with E-state index in [0.29, 0.717) is 11.2 Å². The molecule has 0 heterocycles. The van der Waals surface area contributed by atoms with Crippen LogP contribution in [0.5, 0.6) is 0 Å². The van der Waals surface area contributed by atoms with Gasteiger partial charge >= 0.3 is 0 Å². The van der Waals surface area contributed by atoms with Crippen LogP contribution in [0.3, 0.4) is 0 Å². The van der Waals surface area contributed by atoms with E-state index in [1.165, 1.54) is 32.1 Å². The lowest BCUT2D eigenvalue weighted by Gasteiger charge is -2.22. The molecule has 0 radical (unpaired) electrons. The van der Waals surface area contributed by atoms with Gasteiger partial charge in [-0.2, -0.15) is 0 Å². The number of hydrogen-bond donors (Lipinski definition) is 0. The number of hydrogen-bond acceptors (Lipinski definition) is 0. The van der Waals surface area contributed by atoms with Crippen molar-refractivity contribution in [2.24, 2.45) is 5.92 Å². The molecule has 0 aromatic rings. The summed E-state index contributed by atoms with van der Waals surface area (Å²) in [7, 11) is 0. The molecule has 0 bridgehead atoms. The number of alkyl halides is 2. The molecule has 1 atom stereocenters. The lowest BCUT2D eigenvalue weighted by molar-refractivity contribution is 0.249. The zero-order chi connectivity index (χ0) is 8.10. The highest BCUT2D eigenvalue weighted by atomic mass is 79.9. The van der Waals surface area contributed by atoms with E-state index in [2.05, 4.69) is 15.9 Å². The van der Waals surface area contributed by atoms with Crippen LogP contribution in [0.4, 0.5) is 4.39 Å². The van der Waals surface area contributed by atoms with Crippen LogP contribution >= 0.6 is 15.9 Å². The van der Waals surface area contributed by atoms with Crippen molar-refractivity contribution in [2.45, 2.75) is 44.7 Å². The van der Waals surface area contributed by atoms with Gasteiger partial charge in [0.25, 0.3) is 0 Å². The summed E-state index contributed by atoms with van der Waals surface area (Å²) < 4.78 is 12.9. The van der Waals surface area contributed by atoms with Crippen molar-refractivity contribution in [1.82, 2.24) is 0 Å². The second-order valence-corrected chi connectivity index (χ2v) is 4.14. The van der Waals surface area contributed by atoms with Crippen molar-refractivity contribution in [3.05, 3.63) is 0 Å². The summed E-state index contributed by atoms with van der Waals surface area (Å²) in [6.45, 7) is 0. The quantitative estimate of drug-likeness (QED) is 0.640. The number of halogens is 2. The van der Waals surface area contributed by atoms with E-state index in [4.69, 9.17) is 0 Å². The fourth-order valence-electron chi connectivity index (χ4n) is 1.85. The molecule has 0 N–H and O–H groups in total. The molecule has 1 saturated carbocycles. The van der Waals surface area contributed by atoms with Gasteiger partial charge in [0.15, 0.2) is 0 Å². The standard InChI is InChI=1S/C9H16BrF/c10-7-9(11)6-8-4-2-1-3-5-8/h8-9H,1-7H2. The molecule has 0 aliphatic heterocycles. The van der Waals surface area contributed by atoms with Gasteiger partial charge in [0.1, 0.15) is 6.17 Å². The Labute approximate surface area is 76.7 Å². The van der Waals surface area contributed by atoms with Gasteiger partial charge in [-0.3, -0.25) is 0 Å². The lowest BCUT2D eigenvalue weighted by atomic mass is 9.86. The Morgan fingerprint density at radius 2 is 1.91 bits per heavy atom. The van der Waals surface area contributed by atoms with Crippen molar-refractivity contribution in [3.8, 4) is 0 Å². The molecule has 66 valence electrons. The minimum Gasteiger partial charge on any atom is -0.247 e. The van der Waals surface area contributed by atoms with Gasteiger partial charge < -0.3 is 0 Å². The topological polar surface area (TPSA) is 0 Å². The molecule has 11 heavy (non-hydrogen) atoms. The predicted octanol–water partition coefficient (Wildman–Crippen LogP) is 3.69. The van der Waals surface area contributed by atoms with Crippen molar-refractivity contribution in [2.75, 3.05) is 5.33 Å². The molecule has 1 rings (SSSR count). The monoisotopic (exact) mass is 222 g/mol.